The van der Waals surface area contributed by atoms with Crippen LogP contribution in [0.3, 0.4) is 0 Å². The van der Waals surface area contributed by atoms with Crippen molar-refractivity contribution < 1.29 is 13.9 Å². The molecule has 2 amide bonds. The number of carbonyl (C=O) groups excluding carboxylic acids is 1. The van der Waals surface area contributed by atoms with E-state index in [2.05, 4.69) is 15.2 Å². The van der Waals surface area contributed by atoms with Crippen molar-refractivity contribution in [3.8, 4) is 5.75 Å². The minimum atomic E-state index is -0.505. The Labute approximate surface area is 169 Å². The molecule has 0 spiro atoms. The van der Waals surface area contributed by atoms with E-state index in [4.69, 9.17) is 16.3 Å². The van der Waals surface area contributed by atoms with Crippen LogP contribution in [0.1, 0.15) is 25.5 Å². The molecule has 2 heterocycles. The van der Waals surface area contributed by atoms with E-state index in [9.17, 15) is 9.18 Å². The number of piperazine rings is 1. The maximum Gasteiger partial charge on any atom is 0.318 e. The number of hydrogen-bond acceptors (Lipinski definition) is 4. The Hall–Kier alpha value is -2.54. The molecule has 1 aliphatic heterocycles. The number of nitrogens with one attached hydrogen (secondary N) is 1. The number of carbonyl (C=O) groups is 1. The minimum Gasteiger partial charge on any atom is -0.497 e. The summed E-state index contributed by atoms with van der Waals surface area (Å²) in [6, 6.07) is 8.10. The molecule has 0 bridgehead atoms. The van der Waals surface area contributed by atoms with E-state index >= 15 is 0 Å². The van der Waals surface area contributed by atoms with Gasteiger partial charge in [-0.15, -0.1) is 0 Å². The van der Waals surface area contributed by atoms with Gasteiger partial charge < -0.3 is 19.9 Å². The smallest absolute Gasteiger partial charge is 0.318 e. The van der Waals surface area contributed by atoms with E-state index < -0.39 is 5.95 Å². The fraction of sp³-hybridized carbons (Fsp3) is 0.400. The van der Waals surface area contributed by atoms with Crippen LogP contribution in [0.4, 0.5) is 14.9 Å². The van der Waals surface area contributed by atoms with E-state index in [0.717, 1.165) is 11.3 Å². The molecule has 1 aliphatic rings. The standard InChI is InChI=1S/C20H24ClFN4O2/c1-13-12-25(15-6-7-23-19(22)10-15)8-9-26(13)20(27)24-14(2)17-11-16(28-3)4-5-18(17)21/h4-7,10-11,13-14H,8-9,12H2,1-3H3,(H,24,27)/t13-,14-/m1/s1. The highest BCUT2D eigenvalue weighted by molar-refractivity contribution is 6.31. The molecule has 0 aliphatic carbocycles. The van der Waals surface area contributed by atoms with Gasteiger partial charge in [-0.3, -0.25) is 0 Å². The Balaban J connectivity index is 1.64. The highest BCUT2D eigenvalue weighted by Gasteiger charge is 2.29. The molecule has 2 aromatic rings. The van der Waals surface area contributed by atoms with Crippen LogP contribution in [0.5, 0.6) is 5.75 Å². The zero-order valence-electron chi connectivity index (χ0n) is 16.2. The molecule has 0 unspecified atom stereocenters. The van der Waals surface area contributed by atoms with Crippen LogP contribution in [0.2, 0.25) is 5.02 Å². The average molecular weight is 407 g/mol. The molecular formula is C20H24ClFN4O2. The Bertz CT molecular complexity index is 851. The second-order valence-electron chi connectivity index (χ2n) is 6.88. The SMILES string of the molecule is COc1ccc(Cl)c([C@@H](C)NC(=O)N2CCN(c3ccnc(F)c3)C[C@H]2C)c1. The molecular weight excluding hydrogens is 383 g/mol. The first kappa shape index (κ1) is 20.2. The molecule has 8 heteroatoms. The zero-order chi connectivity index (χ0) is 20.3. The Morgan fingerprint density at radius 1 is 1.36 bits per heavy atom. The van der Waals surface area contributed by atoms with Crippen LogP contribution >= 0.6 is 11.6 Å². The van der Waals surface area contributed by atoms with E-state index in [1.165, 1.54) is 12.3 Å². The Morgan fingerprint density at radius 3 is 2.82 bits per heavy atom. The van der Waals surface area contributed by atoms with Crippen molar-refractivity contribution in [2.24, 2.45) is 0 Å². The summed E-state index contributed by atoms with van der Waals surface area (Å²) in [5, 5.41) is 3.59. The number of aromatic nitrogens is 1. The third-order valence-corrected chi connectivity index (χ3v) is 5.32. The van der Waals surface area contributed by atoms with Crippen molar-refractivity contribution in [3.63, 3.8) is 0 Å². The summed E-state index contributed by atoms with van der Waals surface area (Å²) in [6.45, 7) is 5.64. The maximum atomic E-state index is 13.4. The van der Waals surface area contributed by atoms with E-state index in [1.807, 2.05) is 19.9 Å². The number of pyridine rings is 1. The first-order valence-corrected chi connectivity index (χ1v) is 9.54. The highest BCUT2D eigenvalue weighted by atomic mass is 35.5. The molecule has 1 N–H and O–H groups in total. The summed E-state index contributed by atoms with van der Waals surface area (Å²) in [7, 11) is 1.59. The summed E-state index contributed by atoms with van der Waals surface area (Å²) in [4.78, 5) is 20.2. The third kappa shape index (κ3) is 4.47. The van der Waals surface area contributed by atoms with Crippen molar-refractivity contribution in [1.29, 1.82) is 0 Å². The number of methoxy groups -OCH3 is 1. The molecule has 6 nitrogen and oxygen atoms in total. The molecule has 28 heavy (non-hydrogen) atoms. The lowest BCUT2D eigenvalue weighted by atomic mass is 10.1. The quantitative estimate of drug-likeness (QED) is 0.783. The number of rotatable bonds is 4. The molecule has 1 fully saturated rings. The maximum absolute atomic E-state index is 13.4. The van der Waals surface area contributed by atoms with Gasteiger partial charge in [0.25, 0.3) is 0 Å². The summed E-state index contributed by atoms with van der Waals surface area (Å²) < 4.78 is 18.6. The summed E-state index contributed by atoms with van der Waals surface area (Å²) in [5.74, 6) is 0.182. The Kier molecular flexibility index (Phi) is 6.24. The van der Waals surface area contributed by atoms with Crippen LogP contribution in [0.15, 0.2) is 36.5 Å². The average Bonchev–Trinajstić information content (AvgIpc) is 2.68. The van der Waals surface area contributed by atoms with Gasteiger partial charge in [-0.05, 0) is 43.7 Å². The second kappa shape index (κ2) is 8.65. The molecule has 3 rings (SSSR count). The third-order valence-electron chi connectivity index (χ3n) is 4.97. The molecule has 1 aromatic heterocycles. The predicted octanol–water partition coefficient (Wildman–Crippen LogP) is 3.86. The lowest BCUT2D eigenvalue weighted by Gasteiger charge is -2.41. The van der Waals surface area contributed by atoms with Crippen LogP contribution in [0.25, 0.3) is 0 Å². The van der Waals surface area contributed by atoms with Crippen molar-refractivity contribution in [1.82, 2.24) is 15.2 Å². The van der Waals surface area contributed by atoms with E-state index in [0.29, 0.717) is 30.4 Å². The lowest BCUT2D eigenvalue weighted by Crippen LogP contribution is -2.56. The van der Waals surface area contributed by atoms with Crippen LogP contribution in [-0.2, 0) is 0 Å². The van der Waals surface area contributed by atoms with Gasteiger partial charge in [0.15, 0.2) is 0 Å². The number of urea groups is 1. The van der Waals surface area contributed by atoms with Crippen LogP contribution in [0, 0.1) is 5.95 Å². The number of nitrogens with zero attached hydrogens (tertiary/aromatic N) is 3. The van der Waals surface area contributed by atoms with Crippen molar-refractivity contribution in [3.05, 3.63) is 53.1 Å². The van der Waals surface area contributed by atoms with Gasteiger partial charge in [-0.2, -0.15) is 4.39 Å². The summed E-state index contributed by atoms with van der Waals surface area (Å²) >= 11 is 6.28. The molecule has 150 valence electrons. The van der Waals surface area contributed by atoms with Crippen molar-refractivity contribution in [2.75, 3.05) is 31.6 Å². The van der Waals surface area contributed by atoms with Gasteiger partial charge >= 0.3 is 6.03 Å². The monoisotopic (exact) mass is 406 g/mol. The van der Waals surface area contributed by atoms with Gasteiger partial charge in [0.2, 0.25) is 5.95 Å². The number of ether oxygens (including phenoxy) is 1. The largest absolute Gasteiger partial charge is 0.497 e. The van der Waals surface area contributed by atoms with Crippen LogP contribution in [-0.4, -0.2) is 48.7 Å². The predicted molar refractivity (Wildman–Crippen MR) is 108 cm³/mol. The first-order chi connectivity index (χ1) is 13.4. The van der Waals surface area contributed by atoms with Crippen LogP contribution < -0.4 is 15.0 Å². The van der Waals surface area contributed by atoms with Gasteiger partial charge in [0.05, 0.1) is 13.2 Å². The highest BCUT2D eigenvalue weighted by Crippen LogP contribution is 2.27. The van der Waals surface area contributed by atoms with Gasteiger partial charge in [-0.1, -0.05) is 11.6 Å². The molecule has 1 saturated heterocycles. The number of halogens is 2. The number of hydrogen-bond donors (Lipinski definition) is 1. The summed E-state index contributed by atoms with van der Waals surface area (Å²) in [6.07, 6.45) is 1.45. The normalized spacial score (nSPS) is 18.0. The van der Waals surface area contributed by atoms with E-state index in [1.54, 1.807) is 30.2 Å². The summed E-state index contributed by atoms with van der Waals surface area (Å²) in [5.41, 5.74) is 1.57. The topological polar surface area (TPSA) is 57.7 Å². The van der Waals surface area contributed by atoms with Gasteiger partial charge in [0.1, 0.15) is 5.75 Å². The number of amides is 2. The second-order valence-corrected chi connectivity index (χ2v) is 7.29. The van der Waals surface area contributed by atoms with Crippen molar-refractivity contribution in [2.45, 2.75) is 25.9 Å². The lowest BCUT2D eigenvalue weighted by molar-refractivity contribution is 0.168. The molecule has 0 saturated carbocycles. The fourth-order valence-corrected chi connectivity index (χ4v) is 3.69. The first-order valence-electron chi connectivity index (χ1n) is 9.16. The zero-order valence-corrected chi connectivity index (χ0v) is 16.9. The number of anilines is 1. The van der Waals surface area contributed by atoms with Gasteiger partial charge in [0, 0.05) is 48.6 Å². The molecule has 1 aromatic carbocycles. The van der Waals surface area contributed by atoms with Crippen molar-refractivity contribution >= 4 is 23.3 Å². The minimum absolute atomic E-state index is 0.0297. The van der Waals surface area contributed by atoms with E-state index in [-0.39, 0.29) is 18.1 Å². The van der Waals surface area contributed by atoms with Gasteiger partial charge in [-0.25, -0.2) is 9.78 Å². The fourth-order valence-electron chi connectivity index (χ4n) is 3.41. The Morgan fingerprint density at radius 2 is 2.14 bits per heavy atom. The molecule has 0 radical (unpaired) electrons. The molecule has 2 atom stereocenters. The number of benzene rings is 1.